The zero-order chi connectivity index (χ0) is 14.3. The van der Waals surface area contributed by atoms with E-state index >= 15 is 0 Å². The number of aromatic nitrogens is 3. The molecule has 0 amide bonds. The summed E-state index contributed by atoms with van der Waals surface area (Å²) in [7, 11) is 0. The SMILES string of the molecule is Cc1cc2c(=O)n(CC3CCC(C(=O)O)O3)ccn2n1. The van der Waals surface area contributed by atoms with Crippen LogP contribution in [0, 0.1) is 6.92 Å². The summed E-state index contributed by atoms with van der Waals surface area (Å²) in [6.45, 7) is 2.19. The van der Waals surface area contributed by atoms with Gasteiger partial charge in [0.15, 0.2) is 6.10 Å². The van der Waals surface area contributed by atoms with Gasteiger partial charge in [0.25, 0.3) is 5.56 Å². The standard InChI is InChI=1S/C13H15N3O4/c1-8-6-10-12(17)15(4-5-16(10)14-8)7-9-2-3-11(20-9)13(18)19/h4-6,9,11H,2-3,7H2,1H3,(H,18,19). The molecule has 1 N–H and O–H groups in total. The van der Waals surface area contributed by atoms with Gasteiger partial charge >= 0.3 is 5.97 Å². The molecule has 0 aromatic carbocycles. The van der Waals surface area contributed by atoms with Crippen molar-refractivity contribution in [1.29, 1.82) is 0 Å². The summed E-state index contributed by atoms with van der Waals surface area (Å²) in [4.78, 5) is 23.1. The minimum atomic E-state index is -0.943. The highest BCUT2D eigenvalue weighted by atomic mass is 16.5. The number of hydrogen-bond acceptors (Lipinski definition) is 4. The molecule has 0 spiro atoms. The summed E-state index contributed by atoms with van der Waals surface area (Å²) < 4.78 is 8.51. The number of hydrogen-bond donors (Lipinski definition) is 1. The van der Waals surface area contributed by atoms with Crippen molar-refractivity contribution in [3.05, 3.63) is 34.5 Å². The van der Waals surface area contributed by atoms with Gasteiger partial charge in [-0.05, 0) is 25.8 Å². The first-order valence-corrected chi connectivity index (χ1v) is 6.48. The molecule has 1 saturated heterocycles. The molecule has 3 rings (SSSR count). The Labute approximate surface area is 114 Å². The number of carbonyl (C=O) groups is 1. The van der Waals surface area contributed by atoms with E-state index in [0.29, 0.717) is 24.9 Å². The van der Waals surface area contributed by atoms with E-state index in [9.17, 15) is 9.59 Å². The van der Waals surface area contributed by atoms with E-state index in [1.54, 1.807) is 27.5 Å². The molecule has 1 fully saturated rings. The average molecular weight is 277 g/mol. The second-order valence-corrected chi connectivity index (χ2v) is 5.03. The van der Waals surface area contributed by atoms with Gasteiger partial charge in [0.05, 0.1) is 18.3 Å². The van der Waals surface area contributed by atoms with Crippen LogP contribution in [0.15, 0.2) is 23.3 Å². The van der Waals surface area contributed by atoms with Crippen LogP contribution in [0.4, 0.5) is 0 Å². The van der Waals surface area contributed by atoms with Crippen LogP contribution in [-0.4, -0.2) is 37.5 Å². The van der Waals surface area contributed by atoms with Gasteiger partial charge in [0, 0.05) is 12.4 Å². The Hall–Kier alpha value is -2.15. The smallest absolute Gasteiger partial charge is 0.332 e. The highest BCUT2D eigenvalue weighted by Gasteiger charge is 2.30. The van der Waals surface area contributed by atoms with Gasteiger partial charge in [-0.3, -0.25) is 4.79 Å². The quantitative estimate of drug-likeness (QED) is 0.879. The van der Waals surface area contributed by atoms with Crippen molar-refractivity contribution in [3.63, 3.8) is 0 Å². The number of aliphatic carboxylic acids is 1. The fourth-order valence-electron chi connectivity index (χ4n) is 2.53. The van der Waals surface area contributed by atoms with E-state index in [1.807, 2.05) is 6.92 Å². The summed E-state index contributed by atoms with van der Waals surface area (Å²) in [6, 6.07) is 1.73. The van der Waals surface area contributed by atoms with E-state index in [2.05, 4.69) is 5.10 Å². The third-order valence-electron chi connectivity index (χ3n) is 3.51. The third-order valence-corrected chi connectivity index (χ3v) is 3.51. The van der Waals surface area contributed by atoms with E-state index in [0.717, 1.165) is 5.69 Å². The maximum Gasteiger partial charge on any atom is 0.332 e. The third kappa shape index (κ3) is 2.20. The lowest BCUT2D eigenvalue weighted by atomic mass is 10.2. The maximum absolute atomic E-state index is 12.3. The van der Waals surface area contributed by atoms with Crippen LogP contribution in [0.1, 0.15) is 18.5 Å². The number of aryl methyl sites for hydroxylation is 1. The predicted molar refractivity (Wildman–Crippen MR) is 69.7 cm³/mol. The molecule has 1 aliphatic heterocycles. The van der Waals surface area contributed by atoms with Gasteiger partial charge in [-0.25, -0.2) is 9.31 Å². The lowest BCUT2D eigenvalue weighted by Gasteiger charge is -2.13. The van der Waals surface area contributed by atoms with Gasteiger partial charge < -0.3 is 14.4 Å². The van der Waals surface area contributed by atoms with Crippen molar-refractivity contribution in [2.45, 2.75) is 38.5 Å². The first-order valence-electron chi connectivity index (χ1n) is 6.48. The van der Waals surface area contributed by atoms with Crippen LogP contribution in [0.5, 0.6) is 0 Å². The molecule has 106 valence electrons. The number of carboxylic acid groups (broad SMARTS) is 1. The minimum Gasteiger partial charge on any atom is -0.479 e. The first-order chi connectivity index (χ1) is 9.54. The minimum absolute atomic E-state index is 0.143. The Bertz CT molecular complexity index is 718. The van der Waals surface area contributed by atoms with Crippen molar-refractivity contribution in [3.8, 4) is 0 Å². The molecule has 20 heavy (non-hydrogen) atoms. The van der Waals surface area contributed by atoms with Crippen LogP contribution in [0.25, 0.3) is 5.52 Å². The average Bonchev–Trinajstić information content (AvgIpc) is 2.99. The monoisotopic (exact) mass is 277 g/mol. The van der Waals surface area contributed by atoms with Crippen LogP contribution in [-0.2, 0) is 16.1 Å². The zero-order valence-corrected chi connectivity index (χ0v) is 11.0. The molecule has 2 unspecified atom stereocenters. The van der Waals surface area contributed by atoms with Crippen molar-refractivity contribution in [2.24, 2.45) is 0 Å². The van der Waals surface area contributed by atoms with Crippen molar-refractivity contribution in [1.82, 2.24) is 14.2 Å². The topological polar surface area (TPSA) is 85.8 Å². The summed E-state index contributed by atoms with van der Waals surface area (Å²) in [5, 5.41) is 13.1. The highest BCUT2D eigenvalue weighted by Crippen LogP contribution is 2.20. The van der Waals surface area contributed by atoms with E-state index < -0.39 is 12.1 Å². The molecule has 0 saturated carbocycles. The number of ether oxygens (including phenoxy) is 1. The zero-order valence-electron chi connectivity index (χ0n) is 11.0. The summed E-state index contributed by atoms with van der Waals surface area (Å²) in [6.07, 6.45) is 3.51. The molecule has 2 atom stereocenters. The largest absolute Gasteiger partial charge is 0.479 e. The number of nitrogens with zero attached hydrogens (tertiary/aromatic N) is 3. The lowest BCUT2D eigenvalue weighted by Crippen LogP contribution is -2.28. The van der Waals surface area contributed by atoms with Crippen LogP contribution < -0.4 is 5.56 Å². The van der Waals surface area contributed by atoms with Crippen molar-refractivity contribution >= 4 is 11.5 Å². The van der Waals surface area contributed by atoms with Gasteiger partial charge in [0.1, 0.15) is 5.52 Å². The normalized spacial score (nSPS) is 22.4. The predicted octanol–water partition coefficient (Wildman–Crippen LogP) is 0.437. The Kier molecular flexibility index (Phi) is 3.06. The molecule has 1 aliphatic rings. The molecule has 0 bridgehead atoms. The fraction of sp³-hybridized carbons (Fsp3) is 0.462. The fourth-order valence-corrected chi connectivity index (χ4v) is 2.53. The van der Waals surface area contributed by atoms with Crippen molar-refractivity contribution in [2.75, 3.05) is 0 Å². The summed E-state index contributed by atoms with van der Waals surface area (Å²) >= 11 is 0. The molecule has 0 aliphatic carbocycles. The van der Waals surface area contributed by atoms with Gasteiger partial charge in [-0.1, -0.05) is 0 Å². The summed E-state index contributed by atoms with van der Waals surface area (Å²) in [5.74, 6) is -0.943. The van der Waals surface area contributed by atoms with E-state index in [-0.39, 0.29) is 11.7 Å². The van der Waals surface area contributed by atoms with Gasteiger partial charge in [0.2, 0.25) is 0 Å². The second-order valence-electron chi connectivity index (χ2n) is 5.03. The number of carboxylic acids is 1. The second kappa shape index (κ2) is 4.75. The Morgan fingerprint density at radius 2 is 2.30 bits per heavy atom. The van der Waals surface area contributed by atoms with Gasteiger partial charge in [-0.2, -0.15) is 5.10 Å². The number of rotatable bonds is 3. The van der Waals surface area contributed by atoms with Crippen LogP contribution in [0.3, 0.4) is 0 Å². The Morgan fingerprint density at radius 3 is 3.00 bits per heavy atom. The summed E-state index contributed by atoms with van der Waals surface area (Å²) in [5.41, 5.74) is 1.15. The first kappa shape index (κ1) is 12.9. The molecule has 0 radical (unpaired) electrons. The Morgan fingerprint density at radius 1 is 1.50 bits per heavy atom. The van der Waals surface area contributed by atoms with Crippen LogP contribution >= 0.6 is 0 Å². The molecular formula is C13H15N3O4. The van der Waals surface area contributed by atoms with E-state index in [4.69, 9.17) is 9.84 Å². The van der Waals surface area contributed by atoms with Gasteiger partial charge in [-0.15, -0.1) is 0 Å². The van der Waals surface area contributed by atoms with E-state index in [1.165, 1.54) is 0 Å². The maximum atomic E-state index is 12.3. The Balaban J connectivity index is 1.83. The molecule has 2 aromatic heterocycles. The highest BCUT2D eigenvalue weighted by molar-refractivity contribution is 5.72. The molecule has 2 aromatic rings. The number of fused-ring (bicyclic) bond motifs is 1. The molecule has 7 heteroatoms. The van der Waals surface area contributed by atoms with Crippen LogP contribution in [0.2, 0.25) is 0 Å². The lowest BCUT2D eigenvalue weighted by molar-refractivity contribution is -0.149. The van der Waals surface area contributed by atoms with Crippen molar-refractivity contribution < 1.29 is 14.6 Å². The molecule has 7 nitrogen and oxygen atoms in total. The molecule has 3 heterocycles. The molecular weight excluding hydrogens is 262 g/mol.